The summed E-state index contributed by atoms with van der Waals surface area (Å²) in [5, 5.41) is 24.1. The number of hydrogen-bond donors (Lipinski definition) is 2. The number of likely N-dealkylation sites (tertiary alicyclic amines) is 1. The SMILES string of the molecule is CC(C)c1nnsc1CN1CCC2(CC1)[C@H](O)C[C@@H]2O. The molecule has 6 heteroatoms. The molecule has 1 aromatic rings. The fraction of sp³-hybridized carbons (Fsp3) is 0.857. The summed E-state index contributed by atoms with van der Waals surface area (Å²) in [6, 6.07) is 0. The van der Waals surface area contributed by atoms with Crippen molar-refractivity contribution in [1.82, 2.24) is 14.5 Å². The quantitative estimate of drug-likeness (QED) is 0.882. The van der Waals surface area contributed by atoms with Crippen molar-refractivity contribution in [3.8, 4) is 0 Å². The lowest BCUT2D eigenvalue weighted by Crippen LogP contribution is -2.61. The smallest absolute Gasteiger partial charge is 0.0826 e. The first-order valence-corrected chi connectivity index (χ1v) is 8.20. The van der Waals surface area contributed by atoms with Crippen LogP contribution in [0.1, 0.15) is 49.6 Å². The van der Waals surface area contributed by atoms with Crippen LogP contribution < -0.4 is 0 Å². The normalized spacial score (nSPS) is 29.9. The first-order valence-electron chi connectivity index (χ1n) is 7.42. The minimum atomic E-state index is -0.309. The zero-order chi connectivity index (χ0) is 14.3. The lowest BCUT2D eigenvalue weighted by Gasteiger charge is -2.55. The van der Waals surface area contributed by atoms with Gasteiger partial charge in [-0.3, -0.25) is 4.90 Å². The predicted octanol–water partition coefficient (Wildman–Crippen LogP) is 1.37. The fourth-order valence-corrected chi connectivity index (χ4v) is 4.34. The zero-order valence-corrected chi connectivity index (χ0v) is 12.9. The maximum Gasteiger partial charge on any atom is 0.0826 e. The second-order valence-corrected chi connectivity index (χ2v) is 7.35. The van der Waals surface area contributed by atoms with Crippen molar-refractivity contribution in [2.75, 3.05) is 13.1 Å². The van der Waals surface area contributed by atoms with Crippen molar-refractivity contribution in [2.24, 2.45) is 5.41 Å². The third kappa shape index (κ3) is 2.28. The van der Waals surface area contributed by atoms with E-state index in [1.54, 1.807) is 0 Å². The van der Waals surface area contributed by atoms with Crippen molar-refractivity contribution in [3.05, 3.63) is 10.6 Å². The van der Waals surface area contributed by atoms with E-state index in [9.17, 15) is 10.2 Å². The van der Waals surface area contributed by atoms with Gasteiger partial charge in [0.15, 0.2) is 0 Å². The van der Waals surface area contributed by atoms with Gasteiger partial charge in [-0.1, -0.05) is 18.3 Å². The molecule has 2 aliphatic rings. The van der Waals surface area contributed by atoms with Crippen LogP contribution in [0, 0.1) is 5.41 Å². The zero-order valence-electron chi connectivity index (χ0n) is 12.1. The molecule has 1 aliphatic heterocycles. The van der Waals surface area contributed by atoms with E-state index in [1.807, 2.05) is 0 Å². The first kappa shape index (κ1) is 14.4. The van der Waals surface area contributed by atoms with Crippen molar-refractivity contribution in [2.45, 2.75) is 57.8 Å². The number of nitrogens with zero attached hydrogens (tertiary/aromatic N) is 3. The van der Waals surface area contributed by atoms with Gasteiger partial charge < -0.3 is 10.2 Å². The number of aliphatic hydroxyl groups excluding tert-OH is 2. The van der Waals surface area contributed by atoms with Crippen LogP contribution >= 0.6 is 11.5 Å². The summed E-state index contributed by atoms with van der Waals surface area (Å²) in [4.78, 5) is 3.65. The van der Waals surface area contributed by atoms with Gasteiger partial charge in [-0.05, 0) is 43.4 Å². The second-order valence-electron chi connectivity index (χ2n) is 6.51. The summed E-state index contributed by atoms with van der Waals surface area (Å²) < 4.78 is 4.07. The molecule has 1 spiro atoms. The molecule has 2 atom stereocenters. The maximum absolute atomic E-state index is 9.96. The molecular formula is C14H23N3O2S. The third-order valence-corrected chi connectivity index (χ3v) is 5.78. The van der Waals surface area contributed by atoms with Crippen LogP contribution in [-0.4, -0.2) is 50.0 Å². The third-order valence-electron chi connectivity index (χ3n) is 5.06. The average Bonchev–Trinajstić information content (AvgIpc) is 2.88. The summed E-state index contributed by atoms with van der Waals surface area (Å²) >= 11 is 1.49. The Kier molecular flexibility index (Phi) is 3.83. The highest BCUT2D eigenvalue weighted by atomic mass is 32.1. The molecule has 0 bridgehead atoms. The van der Waals surface area contributed by atoms with Crippen LogP contribution in [0.3, 0.4) is 0 Å². The van der Waals surface area contributed by atoms with Crippen LogP contribution in [0.4, 0.5) is 0 Å². The monoisotopic (exact) mass is 297 g/mol. The summed E-state index contributed by atoms with van der Waals surface area (Å²) in [6.07, 6.45) is 1.71. The van der Waals surface area contributed by atoms with Crippen LogP contribution in [0.2, 0.25) is 0 Å². The predicted molar refractivity (Wildman–Crippen MR) is 77.6 cm³/mol. The molecule has 1 saturated carbocycles. The Morgan fingerprint density at radius 1 is 1.30 bits per heavy atom. The van der Waals surface area contributed by atoms with Crippen molar-refractivity contribution < 1.29 is 10.2 Å². The number of aromatic nitrogens is 2. The molecule has 0 radical (unpaired) electrons. The van der Waals surface area contributed by atoms with E-state index in [0.29, 0.717) is 12.3 Å². The Morgan fingerprint density at radius 3 is 2.50 bits per heavy atom. The van der Waals surface area contributed by atoms with Crippen molar-refractivity contribution in [1.29, 1.82) is 0 Å². The second kappa shape index (κ2) is 5.33. The van der Waals surface area contributed by atoms with E-state index in [0.717, 1.165) is 38.2 Å². The van der Waals surface area contributed by atoms with E-state index in [4.69, 9.17) is 0 Å². The van der Waals surface area contributed by atoms with Crippen molar-refractivity contribution >= 4 is 11.5 Å². The topological polar surface area (TPSA) is 69.5 Å². The van der Waals surface area contributed by atoms with E-state index < -0.39 is 0 Å². The molecule has 0 amide bonds. The van der Waals surface area contributed by atoms with Crippen molar-refractivity contribution in [3.63, 3.8) is 0 Å². The molecule has 1 saturated heterocycles. The van der Waals surface area contributed by atoms with Gasteiger partial charge in [0, 0.05) is 18.4 Å². The van der Waals surface area contributed by atoms with Crippen LogP contribution in [0.15, 0.2) is 0 Å². The molecule has 112 valence electrons. The highest BCUT2D eigenvalue weighted by Crippen LogP contribution is 2.49. The Labute approximate surface area is 123 Å². The van der Waals surface area contributed by atoms with Crippen LogP contribution in [-0.2, 0) is 6.54 Å². The molecular weight excluding hydrogens is 274 g/mol. The lowest BCUT2D eigenvalue weighted by molar-refractivity contribution is -0.190. The minimum absolute atomic E-state index is 0.219. The summed E-state index contributed by atoms with van der Waals surface area (Å²) in [6.45, 7) is 7.06. The highest BCUT2D eigenvalue weighted by Gasteiger charge is 2.54. The van der Waals surface area contributed by atoms with E-state index in [1.165, 1.54) is 16.4 Å². The lowest BCUT2D eigenvalue weighted by atomic mass is 9.58. The molecule has 1 aliphatic carbocycles. The van der Waals surface area contributed by atoms with Gasteiger partial charge in [0.2, 0.25) is 0 Å². The van der Waals surface area contributed by atoms with E-state index >= 15 is 0 Å². The number of aliphatic hydroxyl groups is 2. The molecule has 5 nitrogen and oxygen atoms in total. The van der Waals surface area contributed by atoms with Gasteiger partial charge in [-0.2, -0.15) is 0 Å². The van der Waals surface area contributed by atoms with Crippen LogP contribution in [0.5, 0.6) is 0 Å². The molecule has 0 aromatic carbocycles. The highest BCUT2D eigenvalue weighted by molar-refractivity contribution is 7.05. The molecule has 0 unspecified atom stereocenters. The molecule has 20 heavy (non-hydrogen) atoms. The summed E-state index contributed by atoms with van der Waals surface area (Å²) in [5.41, 5.74) is 0.891. The Bertz CT molecular complexity index is 459. The van der Waals surface area contributed by atoms with Gasteiger partial charge in [0.05, 0.1) is 22.8 Å². The molecule has 2 N–H and O–H groups in total. The van der Waals surface area contributed by atoms with E-state index in [-0.39, 0.29) is 17.6 Å². The number of piperidine rings is 1. The molecule has 3 rings (SSSR count). The van der Waals surface area contributed by atoms with Gasteiger partial charge in [0.1, 0.15) is 0 Å². The number of rotatable bonds is 3. The largest absolute Gasteiger partial charge is 0.392 e. The molecule has 2 heterocycles. The molecule has 1 aromatic heterocycles. The van der Waals surface area contributed by atoms with Gasteiger partial charge in [-0.15, -0.1) is 5.10 Å². The van der Waals surface area contributed by atoms with Gasteiger partial charge in [-0.25, -0.2) is 0 Å². The average molecular weight is 297 g/mol. The first-order chi connectivity index (χ1) is 9.53. The standard InChI is InChI=1S/C14H23N3O2S/c1-9(2)13-10(20-16-15-13)8-17-5-3-14(4-6-17)11(18)7-12(14)19/h9,11-12,18-19H,3-8H2,1-2H3/t11-,12+. The van der Waals surface area contributed by atoms with Crippen LogP contribution in [0.25, 0.3) is 0 Å². The maximum atomic E-state index is 9.96. The Balaban J connectivity index is 1.60. The summed E-state index contributed by atoms with van der Waals surface area (Å²) in [5.74, 6) is 0.412. The fourth-order valence-electron chi connectivity index (χ4n) is 3.50. The van der Waals surface area contributed by atoms with Gasteiger partial charge >= 0.3 is 0 Å². The minimum Gasteiger partial charge on any atom is -0.392 e. The molecule has 2 fully saturated rings. The Morgan fingerprint density at radius 2 is 1.95 bits per heavy atom. The van der Waals surface area contributed by atoms with Gasteiger partial charge in [0.25, 0.3) is 0 Å². The van der Waals surface area contributed by atoms with E-state index in [2.05, 4.69) is 28.3 Å². The summed E-state index contributed by atoms with van der Waals surface area (Å²) in [7, 11) is 0. The number of hydrogen-bond acceptors (Lipinski definition) is 6. The Hall–Kier alpha value is -0.560.